The molecule has 1 N–H and O–H groups in total. The molecular weight excluding hydrogens is 243 g/mol. The number of halogens is 1. The van der Waals surface area contributed by atoms with Crippen LogP contribution in [0.15, 0.2) is 6.33 Å². The summed E-state index contributed by atoms with van der Waals surface area (Å²) >= 11 is 0. The predicted octanol–water partition coefficient (Wildman–Crippen LogP) is 2.46. The van der Waals surface area contributed by atoms with Gasteiger partial charge in [-0.3, -0.25) is 0 Å². The van der Waals surface area contributed by atoms with Gasteiger partial charge < -0.3 is 10.2 Å². The van der Waals surface area contributed by atoms with E-state index < -0.39 is 0 Å². The van der Waals surface area contributed by atoms with Crippen LogP contribution in [0.4, 0.5) is 10.2 Å². The molecule has 0 atom stereocenters. The molecule has 0 amide bonds. The first-order valence-corrected chi connectivity index (χ1v) is 7.15. The van der Waals surface area contributed by atoms with E-state index in [1.165, 1.54) is 32.0 Å². The lowest BCUT2D eigenvalue weighted by Gasteiger charge is -2.24. The summed E-state index contributed by atoms with van der Waals surface area (Å²) in [6, 6.07) is 0.697. The second-order valence-electron chi connectivity index (χ2n) is 5.18. The van der Waals surface area contributed by atoms with E-state index in [1.807, 2.05) is 6.92 Å². The van der Waals surface area contributed by atoms with Crippen molar-refractivity contribution in [1.82, 2.24) is 14.9 Å². The van der Waals surface area contributed by atoms with Gasteiger partial charge in [0, 0.05) is 19.1 Å². The Morgan fingerprint density at radius 1 is 1.37 bits per heavy atom. The first-order chi connectivity index (χ1) is 9.22. The SMILES string of the molecule is CCc1ncnc(NCCN(C)C2CCCC2)c1F. The molecule has 0 bridgehead atoms. The molecule has 1 aromatic rings. The van der Waals surface area contributed by atoms with Crippen molar-refractivity contribution in [2.75, 3.05) is 25.5 Å². The molecule has 1 aliphatic carbocycles. The Morgan fingerprint density at radius 3 is 2.79 bits per heavy atom. The largest absolute Gasteiger partial charge is 0.366 e. The van der Waals surface area contributed by atoms with Crippen LogP contribution in [0.5, 0.6) is 0 Å². The highest BCUT2D eigenvalue weighted by atomic mass is 19.1. The molecule has 106 valence electrons. The van der Waals surface area contributed by atoms with E-state index in [0.29, 0.717) is 30.5 Å². The summed E-state index contributed by atoms with van der Waals surface area (Å²) in [5.74, 6) is 0.0141. The van der Waals surface area contributed by atoms with Crippen LogP contribution in [0.3, 0.4) is 0 Å². The molecule has 1 saturated carbocycles. The number of hydrogen-bond donors (Lipinski definition) is 1. The molecule has 0 saturated heterocycles. The lowest BCUT2D eigenvalue weighted by atomic mass is 10.2. The van der Waals surface area contributed by atoms with Crippen molar-refractivity contribution in [1.29, 1.82) is 0 Å². The second kappa shape index (κ2) is 6.80. The van der Waals surface area contributed by atoms with Crippen LogP contribution >= 0.6 is 0 Å². The summed E-state index contributed by atoms with van der Waals surface area (Å²) in [5, 5.41) is 3.07. The Bertz CT molecular complexity index is 404. The zero-order valence-electron chi connectivity index (χ0n) is 11.8. The summed E-state index contributed by atoms with van der Waals surface area (Å²) < 4.78 is 13.9. The van der Waals surface area contributed by atoms with E-state index >= 15 is 0 Å². The Morgan fingerprint density at radius 2 is 2.11 bits per heavy atom. The van der Waals surface area contributed by atoms with Gasteiger partial charge in [0.15, 0.2) is 11.6 Å². The fraction of sp³-hybridized carbons (Fsp3) is 0.714. The van der Waals surface area contributed by atoms with Crippen LogP contribution in [-0.4, -0.2) is 41.0 Å². The summed E-state index contributed by atoms with van der Waals surface area (Å²) in [4.78, 5) is 10.3. The molecular formula is C14H23FN4. The molecule has 4 nitrogen and oxygen atoms in total. The maximum atomic E-state index is 13.9. The van der Waals surface area contributed by atoms with Gasteiger partial charge in [-0.05, 0) is 26.3 Å². The smallest absolute Gasteiger partial charge is 0.186 e. The number of hydrogen-bond acceptors (Lipinski definition) is 4. The maximum Gasteiger partial charge on any atom is 0.186 e. The Balaban J connectivity index is 1.82. The third kappa shape index (κ3) is 3.62. The second-order valence-corrected chi connectivity index (χ2v) is 5.18. The molecule has 0 aromatic carbocycles. The fourth-order valence-electron chi connectivity index (χ4n) is 2.65. The Kier molecular flexibility index (Phi) is 5.07. The number of aromatic nitrogens is 2. The van der Waals surface area contributed by atoms with E-state index in [9.17, 15) is 4.39 Å². The topological polar surface area (TPSA) is 41.1 Å². The van der Waals surface area contributed by atoms with Gasteiger partial charge >= 0.3 is 0 Å². The van der Waals surface area contributed by atoms with Crippen LogP contribution in [0.1, 0.15) is 38.3 Å². The molecule has 1 fully saturated rings. The molecule has 0 radical (unpaired) electrons. The quantitative estimate of drug-likeness (QED) is 0.858. The number of aryl methyl sites for hydroxylation is 1. The predicted molar refractivity (Wildman–Crippen MR) is 74.7 cm³/mol. The van der Waals surface area contributed by atoms with E-state index in [1.54, 1.807) is 0 Å². The first kappa shape index (κ1) is 14.2. The monoisotopic (exact) mass is 266 g/mol. The van der Waals surface area contributed by atoms with Crippen molar-refractivity contribution in [2.45, 2.75) is 45.1 Å². The van der Waals surface area contributed by atoms with Gasteiger partial charge in [-0.1, -0.05) is 19.8 Å². The van der Waals surface area contributed by atoms with Crippen molar-refractivity contribution in [3.05, 3.63) is 17.8 Å². The minimum atomic E-state index is -0.312. The zero-order chi connectivity index (χ0) is 13.7. The van der Waals surface area contributed by atoms with Gasteiger partial charge in [0.25, 0.3) is 0 Å². The highest BCUT2D eigenvalue weighted by molar-refractivity contribution is 5.37. The average Bonchev–Trinajstić information content (AvgIpc) is 2.94. The van der Waals surface area contributed by atoms with Gasteiger partial charge in [0.2, 0.25) is 0 Å². The molecule has 0 unspecified atom stereocenters. The molecule has 19 heavy (non-hydrogen) atoms. The molecule has 1 heterocycles. The van der Waals surface area contributed by atoms with Gasteiger partial charge in [-0.15, -0.1) is 0 Å². The first-order valence-electron chi connectivity index (χ1n) is 7.15. The van der Waals surface area contributed by atoms with Gasteiger partial charge in [0.05, 0.1) is 5.69 Å². The standard InChI is InChI=1S/C14H23FN4/c1-3-12-13(15)14(18-10-17-12)16-8-9-19(2)11-6-4-5-7-11/h10-11H,3-9H2,1-2H3,(H,16,17,18). The average molecular weight is 266 g/mol. The Hall–Kier alpha value is -1.23. The third-order valence-electron chi connectivity index (χ3n) is 3.90. The van der Waals surface area contributed by atoms with Crippen LogP contribution in [0.2, 0.25) is 0 Å². The van der Waals surface area contributed by atoms with Crippen LogP contribution < -0.4 is 5.32 Å². The van der Waals surface area contributed by atoms with Crippen molar-refractivity contribution in [3.8, 4) is 0 Å². The van der Waals surface area contributed by atoms with E-state index in [0.717, 1.165) is 6.54 Å². The number of anilines is 1. The molecule has 0 spiro atoms. The van der Waals surface area contributed by atoms with Crippen LogP contribution in [0.25, 0.3) is 0 Å². The van der Waals surface area contributed by atoms with Crippen molar-refractivity contribution in [3.63, 3.8) is 0 Å². The number of likely N-dealkylation sites (N-methyl/N-ethyl adjacent to an activating group) is 1. The van der Waals surface area contributed by atoms with E-state index in [4.69, 9.17) is 0 Å². The van der Waals surface area contributed by atoms with E-state index in [2.05, 4.69) is 27.2 Å². The normalized spacial score (nSPS) is 16.2. The van der Waals surface area contributed by atoms with Crippen LogP contribution in [0, 0.1) is 5.82 Å². The highest BCUT2D eigenvalue weighted by Crippen LogP contribution is 2.22. The number of rotatable bonds is 6. The lowest BCUT2D eigenvalue weighted by Crippen LogP contribution is -2.33. The fourth-order valence-corrected chi connectivity index (χ4v) is 2.65. The van der Waals surface area contributed by atoms with Gasteiger partial charge in [0.1, 0.15) is 6.33 Å². The highest BCUT2D eigenvalue weighted by Gasteiger charge is 2.19. The number of nitrogens with zero attached hydrogens (tertiary/aromatic N) is 3. The van der Waals surface area contributed by atoms with Crippen LogP contribution in [-0.2, 0) is 6.42 Å². The van der Waals surface area contributed by atoms with Gasteiger partial charge in [-0.25, -0.2) is 14.4 Å². The zero-order valence-corrected chi connectivity index (χ0v) is 11.8. The maximum absolute atomic E-state index is 13.9. The summed E-state index contributed by atoms with van der Waals surface area (Å²) in [7, 11) is 2.14. The Labute approximate surface area is 114 Å². The van der Waals surface area contributed by atoms with E-state index in [-0.39, 0.29) is 5.82 Å². The summed E-state index contributed by atoms with van der Waals surface area (Å²) in [6.45, 7) is 3.52. The molecule has 2 rings (SSSR count). The summed E-state index contributed by atoms with van der Waals surface area (Å²) in [6.07, 6.45) is 7.26. The molecule has 5 heteroatoms. The minimum absolute atomic E-state index is 0.312. The lowest BCUT2D eigenvalue weighted by molar-refractivity contribution is 0.254. The van der Waals surface area contributed by atoms with Crippen molar-refractivity contribution in [2.24, 2.45) is 0 Å². The summed E-state index contributed by atoms with van der Waals surface area (Å²) in [5.41, 5.74) is 0.474. The molecule has 1 aromatic heterocycles. The minimum Gasteiger partial charge on any atom is -0.366 e. The number of nitrogens with one attached hydrogen (secondary N) is 1. The van der Waals surface area contributed by atoms with Crippen molar-refractivity contribution < 1.29 is 4.39 Å². The van der Waals surface area contributed by atoms with Gasteiger partial charge in [-0.2, -0.15) is 0 Å². The molecule has 0 aliphatic heterocycles. The van der Waals surface area contributed by atoms with Crippen molar-refractivity contribution >= 4 is 5.82 Å². The third-order valence-corrected chi connectivity index (χ3v) is 3.90. The molecule has 1 aliphatic rings.